The molecular weight excluding hydrogens is 164 g/mol. The van der Waals surface area contributed by atoms with E-state index in [9.17, 15) is 0 Å². The standard InChI is InChI=1S/C7H9ClN2O/c1-11-3-2-6-4-9-5-10-7(6)8/h4-5H,2-3H2,1H3. The fourth-order valence-corrected chi connectivity index (χ4v) is 0.910. The molecule has 0 aliphatic rings. The van der Waals surface area contributed by atoms with Gasteiger partial charge in [0.1, 0.15) is 11.5 Å². The molecule has 11 heavy (non-hydrogen) atoms. The molecular formula is C7H9ClN2O. The monoisotopic (exact) mass is 172 g/mol. The van der Waals surface area contributed by atoms with E-state index in [2.05, 4.69) is 9.97 Å². The van der Waals surface area contributed by atoms with Crippen molar-refractivity contribution in [1.82, 2.24) is 9.97 Å². The number of aromatic nitrogens is 2. The predicted molar refractivity (Wildman–Crippen MR) is 42.6 cm³/mol. The summed E-state index contributed by atoms with van der Waals surface area (Å²) in [5, 5.41) is 0.511. The number of nitrogens with zero attached hydrogens (tertiary/aromatic N) is 2. The first kappa shape index (κ1) is 8.43. The van der Waals surface area contributed by atoms with Gasteiger partial charge in [-0.05, 0) is 0 Å². The maximum atomic E-state index is 5.75. The maximum Gasteiger partial charge on any atom is 0.135 e. The van der Waals surface area contributed by atoms with Gasteiger partial charge in [-0.3, -0.25) is 0 Å². The Bertz CT molecular complexity index is 229. The quantitative estimate of drug-likeness (QED) is 0.645. The lowest BCUT2D eigenvalue weighted by Gasteiger charge is -1.99. The van der Waals surface area contributed by atoms with Crippen molar-refractivity contribution < 1.29 is 4.74 Å². The van der Waals surface area contributed by atoms with E-state index in [0.717, 1.165) is 12.0 Å². The van der Waals surface area contributed by atoms with Gasteiger partial charge >= 0.3 is 0 Å². The lowest BCUT2D eigenvalue weighted by molar-refractivity contribution is 0.202. The van der Waals surface area contributed by atoms with Crippen LogP contribution in [0, 0.1) is 0 Å². The Labute approximate surface area is 70.4 Å². The van der Waals surface area contributed by atoms with Crippen LogP contribution < -0.4 is 0 Å². The molecule has 1 heterocycles. The summed E-state index contributed by atoms with van der Waals surface area (Å²) >= 11 is 5.75. The minimum Gasteiger partial charge on any atom is -0.384 e. The minimum absolute atomic E-state index is 0.511. The second kappa shape index (κ2) is 4.26. The normalized spacial score (nSPS) is 10.0. The van der Waals surface area contributed by atoms with Crippen LogP contribution in [-0.2, 0) is 11.2 Å². The zero-order chi connectivity index (χ0) is 8.10. The van der Waals surface area contributed by atoms with E-state index < -0.39 is 0 Å². The number of hydrogen-bond acceptors (Lipinski definition) is 3. The van der Waals surface area contributed by atoms with Crippen LogP contribution in [0.15, 0.2) is 12.5 Å². The largest absolute Gasteiger partial charge is 0.384 e. The Balaban J connectivity index is 2.62. The van der Waals surface area contributed by atoms with Gasteiger partial charge in [0, 0.05) is 25.3 Å². The zero-order valence-corrected chi connectivity index (χ0v) is 7.01. The Morgan fingerprint density at radius 2 is 2.45 bits per heavy atom. The molecule has 0 bridgehead atoms. The first-order chi connectivity index (χ1) is 5.34. The van der Waals surface area contributed by atoms with E-state index in [-0.39, 0.29) is 0 Å². The number of hydrogen-bond donors (Lipinski definition) is 0. The van der Waals surface area contributed by atoms with E-state index in [1.54, 1.807) is 13.3 Å². The van der Waals surface area contributed by atoms with Crippen LogP contribution in [0.4, 0.5) is 0 Å². The molecule has 0 spiro atoms. The Kier molecular flexibility index (Phi) is 3.26. The molecule has 0 aliphatic heterocycles. The molecule has 4 heteroatoms. The fraction of sp³-hybridized carbons (Fsp3) is 0.429. The van der Waals surface area contributed by atoms with Crippen LogP contribution in [0.3, 0.4) is 0 Å². The van der Waals surface area contributed by atoms with Gasteiger partial charge in [0.2, 0.25) is 0 Å². The van der Waals surface area contributed by atoms with Gasteiger partial charge in [-0.2, -0.15) is 0 Å². The third-order valence-electron chi connectivity index (χ3n) is 1.31. The third kappa shape index (κ3) is 2.44. The van der Waals surface area contributed by atoms with Crippen molar-refractivity contribution in [1.29, 1.82) is 0 Å². The van der Waals surface area contributed by atoms with Gasteiger partial charge in [-0.1, -0.05) is 11.6 Å². The van der Waals surface area contributed by atoms with Gasteiger partial charge in [0.15, 0.2) is 0 Å². The molecule has 0 saturated carbocycles. The summed E-state index contributed by atoms with van der Waals surface area (Å²) < 4.78 is 4.89. The van der Waals surface area contributed by atoms with Crippen LogP contribution in [0.5, 0.6) is 0 Å². The van der Waals surface area contributed by atoms with Gasteiger partial charge in [0.05, 0.1) is 6.61 Å². The summed E-state index contributed by atoms with van der Waals surface area (Å²) in [6.07, 6.45) is 3.89. The predicted octanol–water partition coefficient (Wildman–Crippen LogP) is 1.32. The van der Waals surface area contributed by atoms with E-state index in [4.69, 9.17) is 16.3 Å². The second-order valence-corrected chi connectivity index (χ2v) is 2.44. The molecule has 0 aliphatic carbocycles. The molecule has 0 atom stereocenters. The number of rotatable bonds is 3. The van der Waals surface area contributed by atoms with E-state index in [1.165, 1.54) is 6.33 Å². The number of methoxy groups -OCH3 is 1. The SMILES string of the molecule is COCCc1cncnc1Cl. The lowest BCUT2D eigenvalue weighted by atomic mass is 10.2. The summed E-state index contributed by atoms with van der Waals surface area (Å²) in [6, 6.07) is 0. The second-order valence-electron chi connectivity index (χ2n) is 2.08. The van der Waals surface area contributed by atoms with Gasteiger partial charge in [-0.15, -0.1) is 0 Å². The minimum atomic E-state index is 0.511. The molecule has 0 N–H and O–H groups in total. The molecule has 1 rings (SSSR count). The highest BCUT2D eigenvalue weighted by Gasteiger charge is 1.98. The molecule has 0 amide bonds. The molecule has 0 unspecified atom stereocenters. The summed E-state index contributed by atoms with van der Waals surface area (Å²) in [4.78, 5) is 7.68. The highest BCUT2D eigenvalue weighted by molar-refractivity contribution is 6.30. The highest BCUT2D eigenvalue weighted by atomic mass is 35.5. The molecule has 3 nitrogen and oxygen atoms in total. The number of ether oxygens (including phenoxy) is 1. The summed E-state index contributed by atoms with van der Waals surface area (Å²) in [6.45, 7) is 0.646. The molecule has 0 aromatic carbocycles. The fourth-order valence-electron chi connectivity index (χ4n) is 0.723. The molecule has 0 radical (unpaired) electrons. The van der Waals surface area contributed by atoms with Gasteiger partial charge in [-0.25, -0.2) is 9.97 Å². The van der Waals surface area contributed by atoms with Crippen LogP contribution in [-0.4, -0.2) is 23.7 Å². The average molecular weight is 173 g/mol. The van der Waals surface area contributed by atoms with E-state index in [0.29, 0.717) is 11.8 Å². The smallest absolute Gasteiger partial charge is 0.135 e. The summed E-state index contributed by atoms with van der Waals surface area (Å²) in [5.41, 5.74) is 0.927. The Hall–Kier alpha value is -0.670. The van der Waals surface area contributed by atoms with E-state index in [1.807, 2.05) is 0 Å². The van der Waals surface area contributed by atoms with Crippen LogP contribution in [0.25, 0.3) is 0 Å². The molecule has 0 fully saturated rings. The average Bonchev–Trinajstić information content (AvgIpc) is 2.03. The van der Waals surface area contributed by atoms with Crippen molar-refractivity contribution >= 4 is 11.6 Å². The van der Waals surface area contributed by atoms with Crippen molar-refractivity contribution in [2.45, 2.75) is 6.42 Å². The van der Waals surface area contributed by atoms with Gasteiger partial charge in [0.25, 0.3) is 0 Å². The third-order valence-corrected chi connectivity index (χ3v) is 1.65. The summed E-state index contributed by atoms with van der Waals surface area (Å²) in [7, 11) is 1.65. The Morgan fingerprint density at radius 3 is 3.09 bits per heavy atom. The first-order valence-corrected chi connectivity index (χ1v) is 3.65. The lowest BCUT2D eigenvalue weighted by Crippen LogP contribution is -1.96. The number of halogens is 1. The van der Waals surface area contributed by atoms with Crippen molar-refractivity contribution in [3.05, 3.63) is 23.2 Å². The topological polar surface area (TPSA) is 35.0 Å². The molecule has 0 saturated heterocycles. The van der Waals surface area contributed by atoms with Crippen LogP contribution in [0.1, 0.15) is 5.56 Å². The van der Waals surface area contributed by atoms with Crippen molar-refractivity contribution in [2.75, 3.05) is 13.7 Å². The van der Waals surface area contributed by atoms with Crippen molar-refractivity contribution in [3.63, 3.8) is 0 Å². The van der Waals surface area contributed by atoms with Crippen molar-refractivity contribution in [2.24, 2.45) is 0 Å². The highest BCUT2D eigenvalue weighted by Crippen LogP contribution is 2.09. The van der Waals surface area contributed by atoms with Gasteiger partial charge < -0.3 is 4.74 Å². The maximum absolute atomic E-state index is 5.75. The first-order valence-electron chi connectivity index (χ1n) is 3.28. The van der Waals surface area contributed by atoms with E-state index >= 15 is 0 Å². The van der Waals surface area contributed by atoms with Crippen molar-refractivity contribution in [3.8, 4) is 0 Å². The molecule has 1 aromatic heterocycles. The molecule has 60 valence electrons. The zero-order valence-electron chi connectivity index (χ0n) is 6.25. The van der Waals surface area contributed by atoms with Crippen LogP contribution in [0.2, 0.25) is 5.15 Å². The Morgan fingerprint density at radius 1 is 1.64 bits per heavy atom. The molecule has 1 aromatic rings. The van der Waals surface area contributed by atoms with Crippen LogP contribution >= 0.6 is 11.6 Å². The summed E-state index contributed by atoms with van der Waals surface area (Å²) in [5.74, 6) is 0.